The molecule has 5 nitrogen and oxygen atoms in total. The monoisotopic (exact) mass is 355 g/mol. The standard InChI is InChI=1S/C21H29N3O2/c1-16-22-20-8-3-2-7-19(20)21(25)24(16)14-17-9-11-23(12-10-17)15-18-6-4-5-13-26-18/h2-3,7-8,17-18H,4-6,9-15H2,1H3. The lowest BCUT2D eigenvalue weighted by atomic mass is 9.96. The lowest BCUT2D eigenvalue weighted by Gasteiger charge is -2.35. The molecule has 0 amide bonds. The van der Waals surface area contributed by atoms with Crippen molar-refractivity contribution in [3.8, 4) is 0 Å². The van der Waals surface area contributed by atoms with Gasteiger partial charge in [0.15, 0.2) is 0 Å². The van der Waals surface area contributed by atoms with Gasteiger partial charge in [-0.05, 0) is 70.2 Å². The SMILES string of the molecule is Cc1nc2ccccc2c(=O)n1CC1CCN(CC2CCCCO2)CC1. The molecule has 1 unspecified atom stereocenters. The highest BCUT2D eigenvalue weighted by Gasteiger charge is 2.24. The number of aryl methyl sites for hydroxylation is 1. The summed E-state index contributed by atoms with van der Waals surface area (Å²) in [7, 11) is 0. The van der Waals surface area contributed by atoms with Crippen LogP contribution in [0.4, 0.5) is 0 Å². The third-order valence-electron chi connectivity index (χ3n) is 5.94. The molecule has 2 aliphatic rings. The van der Waals surface area contributed by atoms with E-state index in [0.717, 1.165) is 62.4 Å². The van der Waals surface area contributed by atoms with E-state index in [0.29, 0.717) is 12.0 Å². The minimum atomic E-state index is 0.103. The van der Waals surface area contributed by atoms with Crippen LogP contribution in [0.5, 0.6) is 0 Å². The van der Waals surface area contributed by atoms with Gasteiger partial charge in [-0.25, -0.2) is 4.98 Å². The summed E-state index contributed by atoms with van der Waals surface area (Å²) in [5.41, 5.74) is 0.902. The number of benzene rings is 1. The van der Waals surface area contributed by atoms with Crippen LogP contribution in [-0.4, -0.2) is 46.8 Å². The fourth-order valence-electron chi connectivity index (χ4n) is 4.34. The molecular formula is C21H29N3O2. The summed E-state index contributed by atoms with van der Waals surface area (Å²) in [6.07, 6.45) is 6.44. The van der Waals surface area contributed by atoms with Crippen molar-refractivity contribution in [2.24, 2.45) is 5.92 Å². The molecule has 1 atom stereocenters. The summed E-state index contributed by atoms with van der Waals surface area (Å²) in [5, 5.41) is 0.727. The molecular weight excluding hydrogens is 326 g/mol. The van der Waals surface area contributed by atoms with Crippen molar-refractivity contribution in [1.82, 2.24) is 14.5 Å². The van der Waals surface area contributed by atoms with Crippen molar-refractivity contribution in [3.63, 3.8) is 0 Å². The number of ether oxygens (including phenoxy) is 1. The normalized spacial score (nSPS) is 22.7. The van der Waals surface area contributed by atoms with E-state index >= 15 is 0 Å². The van der Waals surface area contributed by atoms with E-state index < -0.39 is 0 Å². The Kier molecular flexibility index (Phi) is 5.36. The van der Waals surface area contributed by atoms with Gasteiger partial charge in [0.05, 0.1) is 17.0 Å². The van der Waals surface area contributed by atoms with Gasteiger partial charge in [-0.2, -0.15) is 0 Å². The molecule has 4 rings (SSSR count). The van der Waals surface area contributed by atoms with Crippen LogP contribution in [0.15, 0.2) is 29.1 Å². The number of rotatable bonds is 4. The highest BCUT2D eigenvalue weighted by Crippen LogP contribution is 2.22. The fourth-order valence-corrected chi connectivity index (χ4v) is 4.34. The van der Waals surface area contributed by atoms with Gasteiger partial charge in [-0.15, -0.1) is 0 Å². The summed E-state index contributed by atoms with van der Waals surface area (Å²) in [5.74, 6) is 1.38. The lowest BCUT2D eigenvalue weighted by Crippen LogP contribution is -2.42. The fraction of sp³-hybridized carbons (Fsp3) is 0.619. The van der Waals surface area contributed by atoms with Crippen molar-refractivity contribution < 1.29 is 4.74 Å². The summed E-state index contributed by atoms with van der Waals surface area (Å²) in [4.78, 5) is 20.0. The summed E-state index contributed by atoms with van der Waals surface area (Å²) < 4.78 is 7.76. The molecule has 0 bridgehead atoms. The molecule has 140 valence electrons. The van der Waals surface area contributed by atoms with Gasteiger partial charge in [-0.3, -0.25) is 9.36 Å². The first-order chi connectivity index (χ1) is 12.7. The predicted molar refractivity (Wildman–Crippen MR) is 103 cm³/mol. The predicted octanol–water partition coefficient (Wildman–Crippen LogP) is 2.99. The average Bonchev–Trinajstić information content (AvgIpc) is 2.67. The van der Waals surface area contributed by atoms with Gasteiger partial charge < -0.3 is 9.64 Å². The van der Waals surface area contributed by atoms with Crippen molar-refractivity contribution in [1.29, 1.82) is 0 Å². The molecule has 2 aliphatic heterocycles. The highest BCUT2D eigenvalue weighted by molar-refractivity contribution is 5.77. The Bertz CT molecular complexity index is 802. The van der Waals surface area contributed by atoms with Gasteiger partial charge in [0.25, 0.3) is 5.56 Å². The third-order valence-corrected chi connectivity index (χ3v) is 5.94. The average molecular weight is 355 g/mol. The zero-order chi connectivity index (χ0) is 17.9. The summed E-state index contributed by atoms with van der Waals surface area (Å²) in [6.45, 7) is 6.96. The Morgan fingerprint density at radius 1 is 1.12 bits per heavy atom. The Balaban J connectivity index is 1.38. The van der Waals surface area contributed by atoms with Crippen molar-refractivity contribution >= 4 is 10.9 Å². The van der Waals surface area contributed by atoms with E-state index in [1.54, 1.807) is 0 Å². The maximum atomic E-state index is 12.8. The molecule has 0 saturated carbocycles. The molecule has 2 aromatic rings. The van der Waals surface area contributed by atoms with Gasteiger partial charge >= 0.3 is 0 Å². The number of piperidine rings is 1. The lowest BCUT2D eigenvalue weighted by molar-refractivity contribution is -0.0117. The molecule has 26 heavy (non-hydrogen) atoms. The zero-order valence-corrected chi connectivity index (χ0v) is 15.7. The van der Waals surface area contributed by atoms with Crippen LogP contribution in [0, 0.1) is 12.8 Å². The first-order valence-electron chi connectivity index (χ1n) is 10.0. The van der Waals surface area contributed by atoms with Crippen molar-refractivity contribution in [2.45, 2.75) is 51.7 Å². The van der Waals surface area contributed by atoms with E-state index in [9.17, 15) is 4.79 Å². The minimum Gasteiger partial charge on any atom is -0.377 e. The smallest absolute Gasteiger partial charge is 0.261 e. The van der Waals surface area contributed by atoms with Crippen LogP contribution < -0.4 is 5.56 Å². The topological polar surface area (TPSA) is 47.4 Å². The number of fused-ring (bicyclic) bond motifs is 1. The Morgan fingerprint density at radius 3 is 2.69 bits per heavy atom. The van der Waals surface area contributed by atoms with E-state index in [1.165, 1.54) is 19.3 Å². The molecule has 1 aromatic carbocycles. The molecule has 1 aromatic heterocycles. The number of aromatic nitrogens is 2. The minimum absolute atomic E-state index is 0.103. The highest BCUT2D eigenvalue weighted by atomic mass is 16.5. The molecule has 0 radical (unpaired) electrons. The zero-order valence-electron chi connectivity index (χ0n) is 15.7. The largest absolute Gasteiger partial charge is 0.377 e. The van der Waals surface area contributed by atoms with Crippen molar-refractivity contribution in [2.75, 3.05) is 26.2 Å². The maximum Gasteiger partial charge on any atom is 0.261 e. The van der Waals surface area contributed by atoms with E-state index in [4.69, 9.17) is 4.74 Å². The van der Waals surface area contributed by atoms with Crippen LogP contribution >= 0.6 is 0 Å². The van der Waals surface area contributed by atoms with Crippen LogP contribution in [0.2, 0.25) is 0 Å². The molecule has 3 heterocycles. The van der Waals surface area contributed by atoms with Crippen LogP contribution in [0.3, 0.4) is 0 Å². The first-order valence-corrected chi connectivity index (χ1v) is 10.0. The Labute approximate surface area is 155 Å². The summed E-state index contributed by atoms with van der Waals surface area (Å²) in [6, 6.07) is 7.65. The molecule has 0 aliphatic carbocycles. The molecule has 2 fully saturated rings. The van der Waals surface area contributed by atoms with Gasteiger partial charge in [0, 0.05) is 19.7 Å². The van der Waals surface area contributed by atoms with E-state index in [1.807, 2.05) is 35.8 Å². The molecule has 0 N–H and O–H groups in total. The number of likely N-dealkylation sites (tertiary alicyclic amines) is 1. The number of hydrogen-bond donors (Lipinski definition) is 0. The Hall–Kier alpha value is -1.72. The van der Waals surface area contributed by atoms with Gasteiger partial charge in [0.2, 0.25) is 0 Å². The van der Waals surface area contributed by atoms with Crippen LogP contribution in [-0.2, 0) is 11.3 Å². The Morgan fingerprint density at radius 2 is 1.92 bits per heavy atom. The molecule has 0 spiro atoms. The quantitative estimate of drug-likeness (QED) is 0.846. The number of hydrogen-bond acceptors (Lipinski definition) is 4. The second kappa shape index (κ2) is 7.89. The van der Waals surface area contributed by atoms with E-state index in [-0.39, 0.29) is 5.56 Å². The maximum absolute atomic E-state index is 12.8. The van der Waals surface area contributed by atoms with Crippen molar-refractivity contribution in [3.05, 3.63) is 40.4 Å². The second-order valence-corrected chi connectivity index (χ2v) is 7.82. The third kappa shape index (κ3) is 3.84. The molecule has 2 saturated heterocycles. The first kappa shape index (κ1) is 17.7. The van der Waals surface area contributed by atoms with Gasteiger partial charge in [0.1, 0.15) is 5.82 Å². The number of para-hydroxylation sites is 1. The summed E-state index contributed by atoms with van der Waals surface area (Å²) >= 11 is 0. The van der Waals surface area contributed by atoms with Crippen LogP contribution in [0.25, 0.3) is 10.9 Å². The second-order valence-electron chi connectivity index (χ2n) is 7.82. The van der Waals surface area contributed by atoms with Crippen LogP contribution in [0.1, 0.15) is 37.9 Å². The van der Waals surface area contributed by atoms with Gasteiger partial charge in [-0.1, -0.05) is 12.1 Å². The molecule has 5 heteroatoms. The van der Waals surface area contributed by atoms with E-state index in [2.05, 4.69) is 9.88 Å². The number of nitrogens with zero attached hydrogens (tertiary/aromatic N) is 3.